The van der Waals surface area contributed by atoms with E-state index in [1.165, 1.54) is 5.56 Å². The summed E-state index contributed by atoms with van der Waals surface area (Å²) in [5.41, 5.74) is 6.23. The minimum atomic E-state index is 0.0504. The fourth-order valence-corrected chi connectivity index (χ4v) is 4.63. The predicted molar refractivity (Wildman–Crippen MR) is 131 cm³/mol. The van der Waals surface area contributed by atoms with Crippen molar-refractivity contribution in [3.8, 4) is 11.1 Å². The summed E-state index contributed by atoms with van der Waals surface area (Å²) in [6.07, 6.45) is 6.02. The Labute approximate surface area is 196 Å². The van der Waals surface area contributed by atoms with Gasteiger partial charge in [-0.1, -0.05) is 44.2 Å². The summed E-state index contributed by atoms with van der Waals surface area (Å²) in [6.45, 7) is 7.58. The highest BCUT2D eigenvalue weighted by Crippen LogP contribution is 2.30. The molecule has 0 saturated carbocycles. The molecule has 172 valence electrons. The van der Waals surface area contributed by atoms with Gasteiger partial charge in [-0.05, 0) is 54.2 Å². The Balaban J connectivity index is 1.39. The van der Waals surface area contributed by atoms with E-state index in [0.29, 0.717) is 17.9 Å². The summed E-state index contributed by atoms with van der Waals surface area (Å²) in [5.74, 6) is 0.781. The van der Waals surface area contributed by atoms with E-state index in [-0.39, 0.29) is 17.6 Å². The van der Waals surface area contributed by atoms with Gasteiger partial charge in [-0.2, -0.15) is 5.10 Å². The molecule has 1 saturated heterocycles. The second-order valence-corrected chi connectivity index (χ2v) is 9.23. The normalized spacial score (nSPS) is 13.9. The molecule has 3 aromatic rings. The number of aromatic nitrogens is 2. The number of ketones is 1. The van der Waals surface area contributed by atoms with Crippen molar-refractivity contribution in [2.75, 3.05) is 13.1 Å². The SMILES string of the molecule is CCC(CC)C(=O)Cc1cc(C(=O)N2CC(c3ccc(-c4cnn(C)c4)cc3)C2)ccc1C. The largest absolute Gasteiger partial charge is 0.337 e. The van der Waals surface area contributed by atoms with Crippen LogP contribution in [0.2, 0.25) is 0 Å². The Morgan fingerprint density at radius 3 is 2.33 bits per heavy atom. The molecule has 0 N–H and O–H groups in total. The van der Waals surface area contributed by atoms with E-state index in [9.17, 15) is 9.59 Å². The summed E-state index contributed by atoms with van der Waals surface area (Å²) >= 11 is 0. The van der Waals surface area contributed by atoms with E-state index >= 15 is 0 Å². The Hall–Kier alpha value is -3.21. The summed E-state index contributed by atoms with van der Waals surface area (Å²) in [6, 6.07) is 14.3. The molecule has 0 aliphatic carbocycles. The van der Waals surface area contributed by atoms with Crippen LogP contribution in [0.4, 0.5) is 0 Å². The van der Waals surface area contributed by atoms with Crippen LogP contribution in [0.3, 0.4) is 0 Å². The zero-order chi connectivity index (χ0) is 23.5. The lowest BCUT2D eigenvalue weighted by Crippen LogP contribution is -2.48. The summed E-state index contributed by atoms with van der Waals surface area (Å²) < 4.78 is 1.80. The first-order chi connectivity index (χ1) is 15.9. The topological polar surface area (TPSA) is 55.2 Å². The molecule has 1 amide bonds. The zero-order valence-corrected chi connectivity index (χ0v) is 20.0. The van der Waals surface area contributed by atoms with Crippen molar-refractivity contribution in [2.24, 2.45) is 13.0 Å². The molecule has 1 aromatic heterocycles. The number of carbonyl (C=O) groups is 2. The number of aryl methyl sites for hydroxylation is 2. The van der Waals surface area contributed by atoms with Crippen LogP contribution in [0.15, 0.2) is 54.9 Å². The molecule has 0 bridgehead atoms. The minimum absolute atomic E-state index is 0.0504. The highest BCUT2D eigenvalue weighted by molar-refractivity contribution is 5.95. The van der Waals surface area contributed by atoms with Crippen molar-refractivity contribution in [2.45, 2.75) is 46.0 Å². The molecule has 0 spiro atoms. The summed E-state index contributed by atoms with van der Waals surface area (Å²) in [5, 5.41) is 4.23. The van der Waals surface area contributed by atoms with Gasteiger partial charge in [0.1, 0.15) is 5.78 Å². The highest BCUT2D eigenvalue weighted by Gasteiger charge is 2.32. The summed E-state index contributed by atoms with van der Waals surface area (Å²) in [4.78, 5) is 27.6. The van der Waals surface area contributed by atoms with Crippen molar-refractivity contribution < 1.29 is 9.59 Å². The first-order valence-corrected chi connectivity index (χ1v) is 11.9. The maximum absolute atomic E-state index is 13.1. The lowest BCUT2D eigenvalue weighted by molar-refractivity contribution is -0.122. The van der Waals surface area contributed by atoms with E-state index < -0.39 is 0 Å². The number of benzene rings is 2. The molecule has 2 heterocycles. The molecule has 1 fully saturated rings. The van der Waals surface area contributed by atoms with Crippen molar-refractivity contribution in [3.05, 3.63) is 77.1 Å². The van der Waals surface area contributed by atoms with E-state index in [1.807, 2.05) is 49.5 Å². The Morgan fingerprint density at radius 2 is 1.73 bits per heavy atom. The molecule has 33 heavy (non-hydrogen) atoms. The van der Waals surface area contributed by atoms with Gasteiger partial charge in [0.15, 0.2) is 0 Å². The van der Waals surface area contributed by atoms with Crippen molar-refractivity contribution in [3.63, 3.8) is 0 Å². The van der Waals surface area contributed by atoms with Gasteiger partial charge >= 0.3 is 0 Å². The maximum Gasteiger partial charge on any atom is 0.253 e. The first kappa shape index (κ1) is 23.0. The van der Waals surface area contributed by atoms with Gasteiger partial charge in [0.25, 0.3) is 5.91 Å². The van der Waals surface area contributed by atoms with Gasteiger partial charge in [-0.15, -0.1) is 0 Å². The van der Waals surface area contributed by atoms with Crippen LogP contribution < -0.4 is 0 Å². The second kappa shape index (κ2) is 9.74. The van der Waals surface area contributed by atoms with Crippen LogP contribution in [-0.4, -0.2) is 39.5 Å². The third-order valence-electron chi connectivity index (χ3n) is 6.99. The van der Waals surface area contributed by atoms with Crippen LogP contribution in [0.5, 0.6) is 0 Å². The molecular weight excluding hydrogens is 410 g/mol. The van der Waals surface area contributed by atoms with E-state index in [0.717, 1.165) is 48.2 Å². The van der Waals surface area contributed by atoms with E-state index in [4.69, 9.17) is 0 Å². The number of carbonyl (C=O) groups excluding carboxylic acids is 2. The number of rotatable bonds is 8. The van der Waals surface area contributed by atoms with Crippen LogP contribution in [0, 0.1) is 12.8 Å². The number of hydrogen-bond acceptors (Lipinski definition) is 3. The lowest BCUT2D eigenvalue weighted by atomic mass is 9.89. The first-order valence-electron chi connectivity index (χ1n) is 11.9. The van der Waals surface area contributed by atoms with Gasteiger partial charge in [0.2, 0.25) is 0 Å². The number of amides is 1. The minimum Gasteiger partial charge on any atom is -0.337 e. The number of likely N-dealkylation sites (tertiary alicyclic amines) is 1. The molecule has 5 nitrogen and oxygen atoms in total. The van der Waals surface area contributed by atoms with Crippen molar-refractivity contribution in [1.82, 2.24) is 14.7 Å². The molecule has 1 aliphatic heterocycles. The Bertz CT molecular complexity index is 1140. The third kappa shape index (κ3) is 4.92. The van der Waals surface area contributed by atoms with Crippen LogP contribution in [0.25, 0.3) is 11.1 Å². The van der Waals surface area contributed by atoms with Crippen molar-refractivity contribution >= 4 is 11.7 Å². The van der Waals surface area contributed by atoms with E-state index in [1.54, 1.807) is 4.68 Å². The number of nitrogens with zero attached hydrogens (tertiary/aromatic N) is 3. The highest BCUT2D eigenvalue weighted by atomic mass is 16.2. The fraction of sp³-hybridized carbons (Fsp3) is 0.393. The molecule has 2 aromatic carbocycles. The standard InChI is InChI=1S/C28H33N3O2/c1-5-20(6-2)27(32)14-24-13-23(8-7-19(24)3)28(33)31-17-26(18-31)22-11-9-21(10-12-22)25-15-29-30(4)16-25/h7-13,15-16,20,26H,5-6,14,17-18H2,1-4H3. The maximum atomic E-state index is 13.1. The van der Waals surface area contributed by atoms with Crippen LogP contribution in [-0.2, 0) is 18.3 Å². The third-order valence-corrected chi connectivity index (χ3v) is 6.99. The number of Topliss-reactive ketones (excluding diaryl/α,β-unsaturated/α-hetero) is 1. The molecule has 0 radical (unpaired) electrons. The van der Waals surface area contributed by atoms with Gasteiger partial charge in [0, 0.05) is 55.7 Å². The smallest absolute Gasteiger partial charge is 0.253 e. The molecule has 0 atom stereocenters. The van der Waals surface area contributed by atoms with Gasteiger partial charge in [-0.25, -0.2) is 0 Å². The Morgan fingerprint density at radius 1 is 1.03 bits per heavy atom. The summed E-state index contributed by atoms with van der Waals surface area (Å²) in [7, 11) is 1.92. The average Bonchev–Trinajstić information content (AvgIpc) is 3.22. The zero-order valence-electron chi connectivity index (χ0n) is 20.0. The van der Waals surface area contributed by atoms with Gasteiger partial charge < -0.3 is 4.90 Å². The second-order valence-electron chi connectivity index (χ2n) is 9.23. The Kier molecular flexibility index (Phi) is 6.77. The fourth-order valence-electron chi connectivity index (χ4n) is 4.63. The number of hydrogen-bond donors (Lipinski definition) is 0. The molecular formula is C28H33N3O2. The molecule has 1 aliphatic rings. The van der Waals surface area contributed by atoms with Gasteiger partial charge in [-0.3, -0.25) is 14.3 Å². The molecule has 5 heteroatoms. The quantitative estimate of drug-likeness (QED) is 0.482. The predicted octanol–water partition coefficient (Wildman–Crippen LogP) is 5.18. The van der Waals surface area contributed by atoms with E-state index in [2.05, 4.69) is 43.2 Å². The lowest BCUT2D eigenvalue weighted by Gasteiger charge is -2.39. The molecule has 4 rings (SSSR count). The van der Waals surface area contributed by atoms with Gasteiger partial charge in [0.05, 0.1) is 6.20 Å². The van der Waals surface area contributed by atoms with Crippen LogP contribution in [0.1, 0.15) is 59.7 Å². The monoisotopic (exact) mass is 443 g/mol. The average molecular weight is 444 g/mol. The van der Waals surface area contributed by atoms with Crippen LogP contribution >= 0.6 is 0 Å². The molecule has 0 unspecified atom stereocenters. The van der Waals surface area contributed by atoms with Crippen molar-refractivity contribution in [1.29, 1.82) is 0 Å².